The van der Waals surface area contributed by atoms with Crippen LogP contribution >= 0.6 is 0 Å². The van der Waals surface area contributed by atoms with Crippen LogP contribution in [0.25, 0.3) is 10.9 Å². The maximum atomic E-state index is 14.1. The zero-order valence-electron chi connectivity index (χ0n) is 27.4. The number of nitrogens with zero attached hydrogens (tertiary/aromatic N) is 3. The summed E-state index contributed by atoms with van der Waals surface area (Å²) < 4.78 is 25.7. The summed E-state index contributed by atoms with van der Waals surface area (Å²) in [7, 11) is 5.12. The number of aromatic nitrogens is 1. The molecule has 0 saturated carbocycles. The third kappa shape index (κ3) is 6.62. The fraction of sp³-hybridized carbons (Fsp3) is 0.361. The van der Waals surface area contributed by atoms with Crippen LogP contribution in [0.4, 0.5) is 0 Å². The van der Waals surface area contributed by atoms with E-state index in [0.29, 0.717) is 53.7 Å². The van der Waals surface area contributed by atoms with E-state index in [9.17, 15) is 14.4 Å². The molecule has 0 radical (unpaired) electrons. The number of rotatable bonds is 4. The van der Waals surface area contributed by atoms with Crippen molar-refractivity contribution in [1.82, 2.24) is 19.7 Å². The van der Waals surface area contributed by atoms with Gasteiger partial charge in [-0.3, -0.25) is 14.4 Å². The molecule has 11 nitrogen and oxygen atoms in total. The van der Waals surface area contributed by atoms with E-state index in [0.717, 1.165) is 22.2 Å². The number of amides is 3. The predicted octanol–water partition coefficient (Wildman–Crippen LogP) is 4.69. The molecule has 0 spiro atoms. The molecule has 4 bridgehead atoms. The molecular weight excluding hydrogens is 600 g/mol. The SMILES string of the molecule is CCOc1cc2cc(c1)C(=O)N(C)CC(=O)N[C@H]1CN(C(=O)c3c(C)n(C)c4ccc(OC)cc34)CC[C@H]1OCc1cccc(c1)O2. The van der Waals surface area contributed by atoms with Gasteiger partial charge in [-0.2, -0.15) is 0 Å². The van der Waals surface area contributed by atoms with Crippen LogP contribution in [-0.2, 0) is 23.2 Å². The minimum Gasteiger partial charge on any atom is -0.497 e. The Labute approximate surface area is 273 Å². The van der Waals surface area contributed by atoms with Gasteiger partial charge < -0.3 is 38.6 Å². The lowest BCUT2D eigenvalue weighted by molar-refractivity contribution is -0.124. The summed E-state index contributed by atoms with van der Waals surface area (Å²) in [4.78, 5) is 44.2. The van der Waals surface area contributed by atoms with E-state index in [4.69, 9.17) is 18.9 Å². The van der Waals surface area contributed by atoms with Crippen molar-refractivity contribution < 1.29 is 33.3 Å². The molecule has 1 N–H and O–H groups in total. The quantitative estimate of drug-likeness (QED) is 0.345. The highest BCUT2D eigenvalue weighted by atomic mass is 16.5. The van der Waals surface area contributed by atoms with E-state index >= 15 is 0 Å². The number of fused-ring (bicyclic) bond motifs is 6. The number of likely N-dealkylation sites (N-methyl/N-ethyl adjacent to an activating group) is 1. The summed E-state index contributed by atoms with van der Waals surface area (Å²) in [6.07, 6.45) is 0.149. The second kappa shape index (κ2) is 13.4. The first-order chi connectivity index (χ1) is 22.6. The first-order valence-corrected chi connectivity index (χ1v) is 15.8. The molecule has 4 aromatic rings. The maximum Gasteiger partial charge on any atom is 0.256 e. The van der Waals surface area contributed by atoms with E-state index in [1.807, 2.05) is 67.9 Å². The van der Waals surface area contributed by atoms with Gasteiger partial charge >= 0.3 is 0 Å². The molecule has 3 aromatic carbocycles. The molecule has 2 atom stereocenters. The number of hydrogen-bond donors (Lipinski definition) is 1. The molecule has 2 aliphatic rings. The molecule has 6 rings (SSSR count). The van der Waals surface area contributed by atoms with E-state index in [1.165, 1.54) is 4.90 Å². The summed E-state index contributed by atoms with van der Waals surface area (Å²) in [5.74, 6) is 1.35. The molecule has 2 aliphatic heterocycles. The lowest BCUT2D eigenvalue weighted by Crippen LogP contribution is -2.58. The number of nitrogens with one attached hydrogen (secondary N) is 1. The highest BCUT2D eigenvalue weighted by molar-refractivity contribution is 6.09. The van der Waals surface area contributed by atoms with Gasteiger partial charge in [0.1, 0.15) is 23.0 Å². The van der Waals surface area contributed by atoms with Crippen LogP contribution in [-0.4, -0.2) is 84.6 Å². The largest absolute Gasteiger partial charge is 0.497 e. The second-order valence-corrected chi connectivity index (χ2v) is 12.0. The fourth-order valence-corrected chi connectivity index (χ4v) is 6.36. The first kappa shape index (κ1) is 31.9. The third-order valence-electron chi connectivity index (χ3n) is 8.86. The van der Waals surface area contributed by atoms with Crippen LogP contribution in [0.5, 0.6) is 23.0 Å². The van der Waals surface area contributed by atoms with Crippen molar-refractivity contribution in [2.45, 2.75) is 39.0 Å². The number of hydrogen-bond acceptors (Lipinski definition) is 7. The van der Waals surface area contributed by atoms with E-state index in [2.05, 4.69) is 5.32 Å². The van der Waals surface area contributed by atoms with Crippen molar-refractivity contribution in [3.63, 3.8) is 0 Å². The average molecular weight is 641 g/mol. The van der Waals surface area contributed by atoms with Gasteiger partial charge in [-0.25, -0.2) is 0 Å². The Bertz CT molecular complexity index is 1830. The molecule has 0 aliphatic carbocycles. The zero-order chi connectivity index (χ0) is 33.2. The van der Waals surface area contributed by atoms with Gasteiger partial charge in [-0.15, -0.1) is 0 Å². The highest BCUT2D eigenvalue weighted by Gasteiger charge is 2.35. The van der Waals surface area contributed by atoms with Crippen molar-refractivity contribution in [3.05, 3.63) is 83.0 Å². The Morgan fingerprint density at radius 1 is 1.02 bits per heavy atom. The minimum atomic E-state index is -0.506. The number of benzene rings is 3. The number of ether oxygens (including phenoxy) is 4. The fourth-order valence-electron chi connectivity index (χ4n) is 6.36. The number of carbonyl (C=O) groups is 3. The third-order valence-corrected chi connectivity index (χ3v) is 8.86. The standard InChI is InChI=1S/C36H40N4O7/c1-6-45-27-15-24-16-28(17-27)47-26-9-7-8-23(14-26)21-46-32-12-13-40(19-30(32)37-33(41)20-38(3)35(24)42)36(43)34-22(2)39(4)31-11-10-25(44-5)18-29(31)34/h7-11,14-18,30,32H,6,12-13,19-21H2,1-5H3,(H,37,41)/t30-,32+/m0/s1. The summed E-state index contributed by atoms with van der Waals surface area (Å²) >= 11 is 0. The van der Waals surface area contributed by atoms with E-state index in [-0.39, 0.29) is 43.5 Å². The molecule has 47 heavy (non-hydrogen) atoms. The molecule has 3 heterocycles. The molecule has 1 fully saturated rings. The van der Waals surface area contributed by atoms with Gasteiger partial charge in [-0.1, -0.05) is 12.1 Å². The molecule has 3 amide bonds. The van der Waals surface area contributed by atoms with Crippen LogP contribution in [0.1, 0.15) is 45.3 Å². The first-order valence-electron chi connectivity index (χ1n) is 15.8. The Kier molecular flexibility index (Phi) is 9.08. The number of methoxy groups -OCH3 is 1. The second-order valence-electron chi connectivity index (χ2n) is 12.0. The minimum absolute atomic E-state index is 0.122. The lowest BCUT2D eigenvalue weighted by Gasteiger charge is -2.39. The summed E-state index contributed by atoms with van der Waals surface area (Å²) in [6, 6.07) is 17.8. The Hall–Kier alpha value is -5.03. The van der Waals surface area contributed by atoms with Crippen LogP contribution < -0.4 is 19.5 Å². The highest BCUT2D eigenvalue weighted by Crippen LogP contribution is 2.32. The van der Waals surface area contributed by atoms with Crippen LogP contribution in [0.3, 0.4) is 0 Å². The van der Waals surface area contributed by atoms with Gasteiger partial charge in [0.25, 0.3) is 11.8 Å². The summed E-state index contributed by atoms with van der Waals surface area (Å²) in [5, 5.41) is 3.90. The van der Waals surface area contributed by atoms with E-state index < -0.39 is 6.04 Å². The Morgan fingerprint density at radius 3 is 2.64 bits per heavy atom. The van der Waals surface area contributed by atoms with Gasteiger partial charge in [0, 0.05) is 55.4 Å². The summed E-state index contributed by atoms with van der Waals surface area (Å²) in [5.41, 5.74) is 3.60. The van der Waals surface area contributed by atoms with Gasteiger partial charge in [0.15, 0.2) is 0 Å². The van der Waals surface area contributed by atoms with Crippen LogP contribution in [0.2, 0.25) is 0 Å². The van der Waals surface area contributed by atoms with Crippen LogP contribution in [0, 0.1) is 6.92 Å². The van der Waals surface area contributed by atoms with Crippen molar-refractivity contribution >= 4 is 28.6 Å². The molecular formula is C36H40N4O7. The number of likely N-dealkylation sites (tertiary alicyclic amines) is 1. The topological polar surface area (TPSA) is 112 Å². The Balaban J connectivity index is 1.29. The lowest BCUT2D eigenvalue weighted by atomic mass is 9.99. The molecule has 1 aromatic heterocycles. The monoisotopic (exact) mass is 640 g/mol. The van der Waals surface area contributed by atoms with Gasteiger partial charge in [0.2, 0.25) is 5.91 Å². The average Bonchev–Trinajstić information content (AvgIpc) is 3.31. The van der Waals surface area contributed by atoms with Crippen molar-refractivity contribution in [3.8, 4) is 23.0 Å². The number of piperidine rings is 1. The van der Waals surface area contributed by atoms with Crippen LogP contribution in [0.15, 0.2) is 60.7 Å². The Morgan fingerprint density at radius 2 is 1.85 bits per heavy atom. The molecule has 11 heteroatoms. The van der Waals surface area contributed by atoms with Crippen molar-refractivity contribution in [1.29, 1.82) is 0 Å². The van der Waals surface area contributed by atoms with Gasteiger partial charge in [-0.05, 0) is 68.3 Å². The predicted molar refractivity (Wildman–Crippen MR) is 176 cm³/mol. The molecule has 1 saturated heterocycles. The number of aryl methyl sites for hydroxylation is 1. The zero-order valence-corrected chi connectivity index (χ0v) is 27.4. The van der Waals surface area contributed by atoms with Gasteiger partial charge in [0.05, 0.1) is 44.6 Å². The molecule has 246 valence electrons. The smallest absolute Gasteiger partial charge is 0.256 e. The summed E-state index contributed by atoms with van der Waals surface area (Å²) in [6.45, 7) is 5.00. The maximum absolute atomic E-state index is 14.1. The van der Waals surface area contributed by atoms with E-state index in [1.54, 1.807) is 37.3 Å². The van der Waals surface area contributed by atoms with Crippen molar-refractivity contribution in [2.24, 2.45) is 7.05 Å². The van der Waals surface area contributed by atoms with Crippen molar-refractivity contribution in [2.75, 3.05) is 40.4 Å². The number of carbonyl (C=O) groups excluding carboxylic acids is 3. The normalized spacial score (nSPS) is 18.7. The molecule has 0 unspecified atom stereocenters.